The van der Waals surface area contributed by atoms with Crippen LogP contribution in [0.25, 0.3) is 0 Å². The zero-order valence-electron chi connectivity index (χ0n) is 18.7. The third kappa shape index (κ3) is 5.61. The van der Waals surface area contributed by atoms with E-state index in [1.54, 1.807) is 19.1 Å². The lowest BCUT2D eigenvalue weighted by molar-refractivity contribution is -0.143. The molecule has 8 nitrogen and oxygen atoms in total. The zero-order chi connectivity index (χ0) is 25.1. The first-order chi connectivity index (χ1) is 16.7. The lowest BCUT2D eigenvalue weighted by Crippen LogP contribution is -2.24. The van der Waals surface area contributed by atoms with E-state index in [1.165, 1.54) is 0 Å². The number of hydrogen-bond acceptors (Lipinski definition) is 6. The number of nitrogens with one attached hydrogen (secondary N) is 2. The summed E-state index contributed by atoms with van der Waals surface area (Å²) >= 11 is 0. The number of benzene rings is 2. The Bertz CT molecular complexity index is 1220. The highest BCUT2D eigenvalue weighted by Crippen LogP contribution is 2.39. The molecular weight excluding hydrogens is 465 g/mol. The molecule has 1 saturated carbocycles. The Morgan fingerprint density at radius 2 is 1.66 bits per heavy atom. The average molecular weight is 488 g/mol. The van der Waals surface area contributed by atoms with Gasteiger partial charge < -0.3 is 20.2 Å². The molecule has 4 rings (SSSR count). The molecule has 1 aliphatic carbocycles. The SMILES string of the molecule is C[C@@H](C(=O)O)[C@H]1CC[C@H](c2ccc(NC(=O)c3nnc(Nc4cc(F)c(F)cc4F)o3)cc2)CC1. The van der Waals surface area contributed by atoms with E-state index in [0.717, 1.165) is 31.2 Å². The molecule has 0 bridgehead atoms. The molecule has 1 amide bonds. The molecule has 1 aromatic heterocycles. The van der Waals surface area contributed by atoms with Gasteiger partial charge in [0.15, 0.2) is 11.6 Å². The highest BCUT2D eigenvalue weighted by molar-refractivity contribution is 6.00. The molecule has 3 N–H and O–H groups in total. The van der Waals surface area contributed by atoms with E-state index in [9.17, 15) is 27.9 Å². The Balaban J connectivity index is 1.33. The Kier molecular flexibility index (Phi) is 7.04. The van der Waals surface area contributed by atoms with Gasteiger partial charge in [0.05, 0.1) is 11.6 Å². The minimum atomic E-state index is -1.34. The Morgan fingerprint density at radius 1 is 1.00 bits per heavy atom. The number of halogens is 3. The van der Waals surface area contributed by atoms with Crippen LogP contribution < -0.4 is 10.6 Å². The van der Waals surface area contributed by atoms with Gasteiger partial charge in [0.2, 0.25) is 0 Å². The smallest absolute Gasteiger partial charge is 0.320 e. The number of anilines is 3. The molecule has 1 fully saturated rings. The molecule has 11 heteroatoms. The van der Waals surface area contributed by atoms with Crippen molar-refractivity contribution in [2.24, 2.45) is 11.8 Å². The van der Waals surface area contributed by atoms with E-state index in [4.69, 9.17) is 4.42 Å². The van der Waals surface area contributed by atoms with Crippen molar-refractivity contribution in [1.29, 1.82) is 0 Å². The fourth-order valence-electron chi connectivity index (χ4n) is 4.28. The third-order valence-corrected chi connectivity index (χ3v) is 6.38. The summed E-state index contributed by atoms with van der Waals surface area (Å²) in [6, 6.07) is 7.89. The number of nitrogens with zero attached hydrogens (tertiary/aromatic N) is 2. The number of carboxylic acid groups (broad SMARTS) is 1. The molecule has 2 aromatic carbocycles. The molecule has 1 aliphatic rings. The van der Waals surface area contributed by atoms with Crippen molar-refractivity contribution in [2.75, 3.05) is 10.6 Å². The van der Waals surface area contributed by atoms with Gasteiger partial charge in [-0.3, -0.25) is 9.59 Å². The van der Waals surface area contributed by atoms with Gasteiger partial charge in [-0.05, 0) is 55.2 Å². The lowest BCUT2D eigenvalue weighted by Gasteiger charge is -2.31. The van der Waals surface area contributed by atoms with Crippen LogP contribution >= 0.6 is 0 Å². The maximum atomic E-state index is 13.8. The van der Waals surface area contributed by atoms with Crippen LogP contribution in [0, 0.1) is 29.3 Å². The number of amides is 1. The quantitative estimate of drug-likeness (QED) is 0.377. The van der Waals surface area contributed by atoms with E-state index in [0.29, 0.717) is 23.7 Å². The van der Waals surface area contributed by atoms with Gasteiger partial charge in [-0.15, -0.1) is 5.10 Å². The molecule has 184 valence electrons. The number of carbonyl (C=O) groups excluding carboxylic acids is 1. The first-order valence-corrected chi connectivity index (χ1v) is 11.1. The minimum absolute atomic E-state index is 0.190. The van der Waals surface area contributed by atoms with Crippen molar-refractivity contribution in [3.8, 4) is 0 Å². The number of aliphatic carboxylic acids is 1. The summed E-state index contributed by atoms with van der Waals surface area (Å²) in [6.07, 6.45) is 3.53. The molecular formula is C24H23F3N4O4. The van der Waals surface area contributed by atoms with E-state index < -0.39 is 40.9 Å². The largest absolute Gasteiger partial charge is 0.481 e. The standard InChI is InChI=1S/C24H23F3N4O4/c1-12(23(33)34)13-2-4-14(5-3-13)15-6-8-16(9-7-15)28-21(32)22-30-31-24(35-22)29-20-11-18(26)17(25)10-19(20)27/h6-14H,2-5H2,1H3,(H,28,32)(H,29,31)(H,33,34)/t12-,13-,14-/m1/s1. The summed E-state index contributed by atoms with van der Waals surface area (Å²) in [5, 5.41) is 21.3. The topological polar surface area (TPSA) is 117 Å². The monoisotopic (exact) mass is 488 g/mol. The van der Waals surface area contributed by atoms with Crippen LogP contribution in [0.2, 0.25) is 0 Å². The van der Waals surface area contributed by atoms with Crippen molar-refractivity contribution in [3.05, 3.63) is 65.3 Å². The van der Waals surface area contributed by atoms with Gasteiger partial charge in [-0.25, -0.2) is 13.2 Å². The van der Waals surface area contributed by atoms with E-state index in [2.05, 4.69) is 20.8 Å². The van der Waals surface area contributed by atoms with Gasteiger partial charge in [0.25, 0.3) is 0 Å². The van der Waals surface area contributed by atoms with Crippen LogP contribution in [0.15, 0.2) is 40.8 Å². The fraction of sp³-hybridized carbons (Fsp3) is 0.333. The van der Waals surface area contributed by atoms with Crippen LogP contribution in [-0.2, 0) is 4.79 Å². The highest BCUT2D eigenvalue weighted by Gasteiger charge is 2.29. The van der Waals surface area contributed by atoms with Gasteiger partial charge >= 0.3 is 23.8 Å². The molecule has 0 spiro atoms. The Labute approximate surface area is 198 Å². The fourth-order valence-corrected chi connectivity index (χ4v) is 4.28. The van der Waals surface area contributed by atoms with Crippen molar-refractivity contribution in [1.82, 2.24) is 10.2 Å². The van der Waals surface area contributed by atoms with E-state index >= 15 is 0 Å². The van der Waals surface area contributed by atoms with Crippen molar-refractivity contribution in [3.63, 3.8) is 0 Å². The highest BCUT2D eigenvalue weighted by atomic mass is 19.2. The molecule has 0 unspecified atom stereocenters. The van der Waals surface area contributed by atoms with Crippen LogP contribution in [0.3, 0.4) is 0 Å². The van der Waals surface area contributed by atoms with Gasteiger partial charge in [-0.2, -0.15) is 0 Å². The van der Waals surface area contributed by atoms with Crippen molar-refractivity contribution in [2.45, 2.75) is 38.5 Å². The van der Waals surface area contributed by atoms with Gasteiger partial charge in [0.1, 0.15) is 5.82 Å². The summed E-state index contributed by atoms with van der Waals surface area (Å²) in [5.41, 5.74) is 1.18. The number of hydrogen-bond donors (Lipinski definition) is 3. The molecule has 1 heterocycles. The third-order valence-electron chi connectivity index (χ3n) is 6.38. The van der Waals surface area contributed by atoms with Crippen molar-refractivity contribution >= 4 is 29.3 Å². The summed E-state index contributed by atoms with van der Waals surface area (Å²) in [5.74, 6) is -5.37. The summed E-state index contributed by atoms with van der Waals surface area (Å²) in [4.78, 5) is 23.6. The second kappa shape index (κ2) is 10.2. The predicted molar refractivity (Wildman–Crippen MR) is 120 cm³/mol. The van der Waals surface area contributed by atoms with Crippen LogP contribution in [0.5, 0.6) is 0 Å². The molecule has 1 atom stereocenters. The van der Waals surface area contributed by atoms with Crippen LogP contribution in [-0.4, -0.2) is 27.2 Å². The first-order valence-electron chi connectivity index (χ1n) is 11.1. The number of carboxylic acids is 1. The van der Waals surface area contributed by atoms with Gasteiger partial charge in [0, 0.05) is 17.8 Å². The molecule has 3 aromatic rings. The summed E-state index contributed by atoms with van der Waals surface area (Å²) in [7, 11) is 0. The lowest BCUT2D eigenvalue weighted by atomic mass is 9.74. The maximum Gasteiger partial charge on any atom is 0.320 e. The van der Waals surface area contributed by atoms with Crippen LogP contribution in [0.4, 0.5) is 30.6 Å². The number of rotatable bonds is 7. The first kappa shape index (κ1) is 24.2. The number of aromatic nitrogens is 2. The maximum absolute atomic E-state index is 13.8. The second-order valence-corrected chi connectivity index (χ2v) is 8.60. The minimum Gasteiger partial charge on any atom is -0.481 e. The molecule has 0 radical (unpaired) electrons. The normalized spacial score (nSPS) is 18.6. The van der Waals surface area contributed by atoms with Crippen LogP contribution in [0.1, 0.15) is 54.8 Å². The van der Waals surface area contributed by atoms with Crippen molar-refractivity contribution < 1.29 is 32.3 Å². The zero-order valence-corrected chi connectivity index (χ0v) is 18.7. The average Bonchev–Trinajstić information content (AvgIpc) is 3.31. The summed E-state index contributed by atoms with van der Waals surface area (Å²) < 4.78 is 45.3. The predicted octanol–water partition coefficient (Wildman–Crippen LogP) is 5.48. The van der Waals surface area contributed by atoms with E-state index in [-0.39, 0.29) is 17.9 Å². The molecule has 0 saturated heterocycles. The Hall–Kier alpha value is -3.89. The second-order valence-electron chi connectivity index (χ2n) is 8.60. The van der Waals surface area contributed by atoms with E-state index in [1.807, 2.05) is 12.1 Å². The Morgan fingerprint density at radius 3 is 2.31 bits per heavy atom. The number of carbonyl (C=O) groups is 2. The molecule has 0 aliphatic heterocycles. The van der Waals surface area contributed by atoms with Gasteiger partial charge in [-0.1, -0.05) is 24.2 Å². The summed E-state index contributed by atoms with van der Waals surface area (Å²) in [6.45, 7) is 1.76. The molecule has 35 heavy (non-hydrogen) atoms.